The molecule has 0 aliphatic rings. The van der Waals surface area contributed by atoms with Crippen molar-refractivity contribution in [3.05, 3.63) is 30.2 Å². The van der Waals surface area contributed by atoms with Crippen LogP contribution in [0.3, 0.4) is 0 Å². The molecule has 0 aromatic carbocycles. The van der Waals surface area contributed by atoms with Crippen molar-refractivity contribution in [2.75, 3.05) is 0 Å². The standard InChI is InChI=1S/C9H8N2O3/c12-8-3-1-2-6-5-10-7(11(6)8)4-9(13)14/h1-3,5,12H,4H2,(H,13,14). The number of rotatable bonds is 2. The average Bonchev–Trinajstić information content (AvgIpc) is 2.49. The lowest BCUT2D eigenvalue weighted by Crippen LogP contribution is -2.04. The van der Waals surface area contributed by atoms with Crippen LogP contribution in [0.4, 0.5) is 0 Å². The maximum absolute atomic E-state index is 10.5. The van der Waals surface area contributed by atoms with Gasteiger partial charge in [-0.2, -0.15) is 0 Å². The van der Waals surface area contributed by atoms with Crippen LogP contribution in [0.1, 0.15) is 5.82 Å². The molecule has 2 aromatic rings. The van der Waals surface area contributed by atoms with E-state index < -0.39 is 5.97 Å². The van der Waals surface area contributed by atoms with Gasteiger partial charge >= 0.3 is 5.97 Å². The van der Waals surface area contributed by atoms with Crippen LogP contribution in [0.2, 0.25) is 0 Å². The lowest BCUT2D eigenvalue weighted by molar-refractivity contribution is -0.136. The number of aromatic hydroxyl groups is 1. The Kier molecular flexibility index (Phi) is 1.85. The average molecular weight is 192 g/mol. The molecule has 0 aliphatic carbocycles. The highest BCUT2D eigenvalue weighted by atomic mass is 16.4. The van der Waals surface area contributed by atoms with Crippen LogP contribution in [0.25, 0.3) is 5.52 Å². The quantitative estimate of drug-likeness (QED) is 0.733. The van der Waals surface area contributed by atoms with Crippen molar-refractivity contribution in [1.82, 2.24) is 9.38 Å². The summed E-state index contributed by atoms with van der Waals surface area (Å²) in [6.07, 6.45) is 1.32. The Bertz CT molecular complexity index is 490. The lowest BCUT2D eigenvalue weighted by atomic mass is 10.4. The van der Waals surface area contributed by atoms with E-state index in [9.17, 15) is 9.90 Å². The Labute approximate surface area is 79.2 Å². The maximum atomic E-state index is 10.5. The lowest BCUT2D eigenvalue weighted by Gasteiger charge is -2.00. The molecule has 2 N–H and O–H groups in total. The second kappa shape index (κ2) is 3.02. The Balaban J connectivity index is 2.61. The summed E-state index contributed by atoms with van der Waals surface area (Å²) >= 11 is 0. The van der Waals surface area contributed by atoms with Gasteiger partial charge in [-0.3, -0.25) is 9.20 Å². The van der Waals surface area contributed by atoms with Gasteiger partial charge in [-0.25, -0.2) is 4.98 Å². The first kappa shape index (κ1) is 8.55. The smallest absolute Gasteiger partial charge is 0.311 e. The number of hydrogen-bond acceptors (Lipinski definition) is 3. The summed E-state index contributed by atoms with van der Waals surface area (Å²) in [5.41, 5.74) is 0.682. The number of carbonyl (C=O) groups is 1. The van der Waals surface area contributed by atoms with E-state index >= 15 is 0 Å². The highest BCUT2D eigenvalue weighted by molar-refractivity contribution is 5.69. The van der Waals surface area contributed by atoms with Crippen molar-refractivity contribution in [2.24, 2.45) is 0 Å². The van der Waals surface area contributed by atoms with E-state index in [0.29, 0.717) is 11.3 Å². The van der Waals surface area contributed by atoms with Crippen LogP contribution in [-0.2, 0) is 11.2 Å². The van der Waals surface area contributed by atoms with Crippen molar-refractivity contribution in [3.63, 3.8) is 0 Å². The molecule has 0 bridgehead atoms. The van der Waals surface area contributed by atoms with Crippen molar-refractivity contribution < 1.29 is 15.0 Å². The van der Waals surface area contributed by atoms with Crippen molar-refractivity contribution >= 4 is 11.5 Å². The number of pyridine rings is 1. The molecule has 0 spiro atoms. The predicted octanol–water partition coefficient (Wildman–Crippen LogP) is 0.667. The largest absolute Gasteiger partial charge is 0.494 e. The van der Waals surface area contributed by atoms with E-state index in [2.05, 4.69) is 4.98 Å². The first-order chi connectivity index (χ1) is 6.68. The van der Waals surface area contributed by atoms with Gasteiger partial charge in [0.05, 0.1) is 11.7 Å². The van der Waals surface area contributed by atoms with Crippen LogP contribution in [-0.4, -0.2) is 25.6 Å². The molecule has 2 aromatic heterocycles. The second-order valence-electron chi connectivity index (χ2n) is 2.89. The molecule has 0 amide bonds. The zero-order chi connectivity index (χ0) is 10.1. The van der Waals surface area contributed by atoms with Gasteiger partial charge in [-0.1, -0.05) is 6.07 Å². The molecule has 0 radical (unpaired) electrons. The molecule has 5 nitrogen and oxygen atoms in total. The second-order valence-corrected chi connectivity index (χ2v) is 2.89. The summed E-state index contributed by atoms with van der Waals surface area (Å²) in [4.78, 5) is 14.4. The highest BCUT2D eigenvalue weighted by Crippen LogP contribution is 2.15. The topological polar surface area (TPSA) is 74.8 Å². The molecule has 14 heavy (non-hydrogen) atoms. The minimum Gasteiger partial charge on any atom is -0.494 e. The Morgan fingerprint density at radius 1 is 1.50 bits per heavy atom. The van der Waals surface area contributed by atoms with E-state index in [1.54, 1.807) is 12.1 Å². The molecule has 0 saturated heterocycles. The fourth-order valence-electron chi connectivity index (χ4n) is 1.35. The summed E-state index contributed by atoms with van der Waals surface area (Å²) in [5, 5.41) is 18.1. The molecule has 0 atom stereocenters. The van der Waals surface area contributed by atoms with Crippen LogP contribution >= 0.6 is 0 Å². The Hall–Kier alpha value is -2.04. The van der Waals surface area contributed by atoms with Gasteiger partial charge in [0.15, 0.2) is 5.88 Å². The Morgan fingerprint density at radius 3 is 3.00 bits per heavy atom. The molecule has 5 heteroatoms. The van der Waals surface area contributed by atoms with Crippen LogP contribution in [0.5, 0.6) is 5.88 Å². The number of fused-ring (bicyclic) bond motifs is 1. The number of aromatic nitrogens is 2. The summed E-state index contributed by atoms with van der Waals surface area (Å²) in [5.74, 6) is -0.650. The minimum absolute atomic E-state index is 0.00347. The molecule has 2 rings (SSSR count). The SMILES string of the molecule is O=C(O)Cc1ncc2cccc(O)n12. The molecular weight excluding hydrogens is 184 g/mol. The van der Waals surface area contributed by atoms with Gasteiger partial charge in [0.2, 0.25) is 0 Å². The summed E-state index contributed by atoms with van der Waals surface area (Å²) < 4.78 is 1.41. The van der Waals surface area contributed by atoms with Gasteiger partial charge in [0.1, 0.15) is 12.2 Å². The Morgan fingerprint density at radius 2 is 2.29 bits per heavy atom. The number of nitrogens with zero attached hydrogens (tertiary/aromatic N) is 2. The third-order valence-electron chi connectivity index (χ3n) is 1.91. The van der Waals surface area contributed by atoms with Gasteiger partial charge in [-0.05, 0) is 12.1 Å². The first-order valence-corrected chi connectivity index (χ1v) is 4.04. The molecule has 2 heterocycles. The van der Waals surface area contributed by atoms with Gasteiger partial charge < -0.3 is 10.2 Å². The van der Waals surface area contributed by atoms with E-state index in [1.807, 2.05) is 0 Å². The number of carboxylic acids is 1. The molecule has 0 saturated carbocycles. The van der Waals surface area contributed by atoms with E-state index in [0.717, 1.165) is 0 Å². The molecule has 0 fully saturated rings. The summed E-state index contributed by atoms with van der Waals surface area (Å²) in [6.45, 7) is 0. The monoisotopic (exact) mass is 192 g/mol. The van der Waals surface area contributed by atoms with Crippen molar-refractivity contribution in [3.8, 4) is 5.88 Å². The normalized spacial score (nSPS) is 10.6. The first-order valence-electron chi connectivity index (χ1n) is 4.04. The van der Waals surface area contributed by atoms with Gasteiger partial charge in [0, 0.05) is 0 Å². The van der Waals surface area contributed by atoms with E-state index in [4.69, 9.17) is 5.11 Å². The predicted molar refractivity (Wildman–Crippen MR) is 48.2 cm³/mol. The van der Waals surface area contributed by atoms with Crippen molar-refractivity contribution in [2.45, 2.75) is 6.42 Å². The fraction of sp³-hybridized carbons (Fsp3) is 0.111. The van der Waals surface area contributed by atoms with Gasteiger partial charge in [0.25, 0.3) is 0 Å². The number of carboxylic acid groups (broad SMARTS) is 1. The molecule has 0 aliphatic heterocycles. The summed E-state index contributed by atoms with van der Waals surface area (Å²) in [6, 6.07) is 4.91. The van der Waals surface area contributed by atoms with Crippen LogP contribution < -0.4 is 0 Å². The number of hydrogen-bond donors (Lipinski definition) is 2. The third kappa shape index (κ3) is 1.28. The van der Waals surface area contributed by atoms with Crippen molar-refractivity contribution in [1.29, 1.82) is 0 Å². The van der Waals surface area contributed by atoms with E-state index in [-0.39, 0.29) is 12.3 Å². The number of aliphatic carboxylic acids is 1. The molecule has 0 unspecified atom stereocenters. The minimum atomic E-state index is -0.972. The van der Waals surface area contributed by atoms with Crippen LogP contribution in [0.15, 0.2) is 24.4 Å². The zero-order valence-electron chi connectivity index (χ0n) is 7.21. The van der Waals surface area contributed by atoms with Gasteiger partial charge in [-0.15, -0.1) is 0 Å². The molecular formula is C9H8N2O3. The van der Waals surface area contributed by atoms with E-state index in [1.165, 1.54) is 16.7 Å². The molecule has 72 valence electrons. The highest BCUT2D eigenvalue weighted by Gasteiger charge is 2.09. The summed E-state index contributed by atoms with van der Waals surface area (Å²) in [7, 11) is 0. The number of imidazole rings is 1. The maximum Gasteiger partial charge on any atom is 0.311 e. The third-order valence-corrected chi connectivity index (χ3v) is 1.91. The van der Waals surface area contributed by atoms with Crippen LogP contribution in [0, 0.1) is 0 Å². The zero-order valence-corrected chi connectivity index (χ0v) is 7.21. The fourth-order valence-corrected chi connectivity index (χ4v) is 1.35.